The monoisotopic (exact) mass is 340 g/mol. The van der Waals surface area contributed by atoms with E-state index in [-0.39, 0.29) is 11.9 Å². The van der Waals surface area contributed by atoms with Crippen molar-refractivity contribution in [2.75, 3.05) is 5.75 Å². The molecule has 0 saturated heterocycles. The van der Waals surface area contributed by atoms with Crippen LogP contribution in [-0.2, 0) is 11.2 Å². The maximum absolute atomic E-state index is 12.1. The van der Waals surface area contributed by atoms with Gasteiger partial charge in [-0.15, -0.1) is 0 Å². The summed E-state index contributed by atoms with van der Waals surface area (Å²) in [7, 11) is 0. The Bertz CT molecular complexity index is 831. The zero-order valence-corrected chi connectivity index (χ0v) is 14.6. The molecule has 24 heavy (non-hydrogen) atoms. The minimum atomic E-state index is 0.00743. The summed E-state index contributed by atoms with van der Waals surface area (Å²) in [6.07, 6.45) is 4.35. The fourth-order valence-corrected chi connectivity index (χ4v) is 3.24. The van der Waals surface area contributed by atoms with Gasteiger partial charge in [0.1, 0.15) is 0 Å². The van der Waals surface area contributed by atoms with Gasteiger partial charge in [0.25, 0.3) is 0 Å². The van der Waals surface area contributed by atoms with Gasteiger partial charge < -0.3 is 10.3 Å². The average molecular weight is 340 g/mol. The summed E-state index contributed by atoms with van der Waals surface area (Å²) in [6, 6.07) is 10.1. The Balaban J connectivity index is 1.51. The molecule has 0 aliphatic carbocycles. The molecule has 0 saturated carbocycles. The third-order valence-corrected chi connectivity index (χ3v) is 4.50. The number of aryl methyl sites for hydroxylation is 1. The average Bonchev–Trinajstić information content (AvgIpc) is 2.95. The van der Waals surface area contributed by atoms with E-state index in [0.717, 1.165) is 28.2 Å². The molecule has 2 aromatic heterocycles. The van der Waals surface area contributed by atoms with Crippen molar-refractivity contribution in [3.05, 3.63) is 53.9 Å². The lowest BCUT2D eigenvalue weighted by molar-refractivity contribution is -0.119. The predicted octanol–water partition coefficient (Wildman–Crippen LogP) is 3.11. The van der Waals surface area contributed by atoms with Crippen molar-refractivity contribution in [3.8, 4) is 0 Å². The van der Waals surface area contributed by atoms with E-state index in [1.165, 1.54) is 17.3 Å². The number of nitrogens with one attached hydrogen (secondary N) is 2. The number of rotatable bonds is 6. The highest BCUT2D eigenvalue weighted by Crippen LogP contribution is 2.20. The molecule has 124 valence electrons. The highest BCUT2D eigenvalue weighted by Gasteiger charge is 2.10. The maximum Gasteiger partial charge on any atom is 0.230 e. The number of carbonyl (C=O) groups is 1. The first kappa shape index (κ1) is 16.5. The van der Waals surface area contributed by atoms with Crippen LogP contribution in [-0.4, -0.2) is 32.7 Å². The number of hydrogen-bond acceptors (Lipinski definition) is 4. The summed E-state index contributed by atoms with van der Waals surface area (Å²) >= 11 is 1.42. The van der Waals surface area contributed by atoms with E-state index >= 15 is 0 Å². The number of aromatic nitrogens is 3. The van der Waals surface area contributed by atoms with Crippen LogP contribution in [0.15, 0.2) is 47.9 Å². The number of carbonyl (C=O) groups excluding carboxylic acids is 1. The molecule has 2 N–H and O–H groups in total. The van der Waals surface area contributed by atoms with Gasteiger partial charge >= 0.3 is 0 Å². The van der Waals surface area contributed by atoms with Crippen molar-refractivity contribution in [3.63, 3.8) is 0 Å². The van der Waals surface area contributed by atoms with Gasteiger partial charge in [-0.3, -0.25) is 9.78 Å². The molecule has 0 bridgehead atoms. The Kier molecular flexibility index (Phi) is 5.15. The van der Waals surface area contributed by atoms with Crippen molar-refractivity contribution in [1.82, 2.24) is 20.3 Å². The van der Waals surface area contributed by atoms with Crippen LogP contribution in [0.2, 0.25) is 0 Å². The van der Waals surface area contributed by atoms with Crippen LogP contribution >= 0.6 is 11.8 Å². The normalized spacial score (nSPS) is 12.2. The number of aromatic amines is 1. The van der Waals surface area contributed by atoms with E-state index in [1.54, 1.807) is 6.20 Å². The lowest BCUT2D eigenvalue weighted by atomic mass is 10.1. The molecule has 1 amide bonds. The highest BCUT2D eigenvalue weighted by atomic mass is 32.2. The summed E-state index contributed by atoms with van der Waals surface area (Å²) < 4.78 is 0. The Morgan fingerprint density at radius 3 is 3.04 bits per heavy atom. The lowest BCUT2D eigenvalue weighted by Gasteiger charge is -2.13. The summed E-state index contributed by atoms with van der Waals surface area (Å²) in [6.45, 7) is 4.05. The van der Waals surface area contributed by atoms with Crippen molar-refractivity contribution < 1.29 is 4.79 Å². The predicted molar refractivity (Wildman–Crippen MR) is 97.1 cm³/mol. The van der Waals surface area contributed by atoms with Crippen LogP contribution in [0.5, 0.6) is 0 Å². The van der Waals surface area contributed by atoms with Gasteiger partial charge in [0.05, 0.1) is 16.8 Å². The number of thioether (sulfide) groups is 1. The second kappa shape index (κ2) is 7.49. The van der Waals surface area contributed by atoms with E-state index in [0.29, 0.717) is 5.75 Å². The SMILES string of the molecule is Cc1ccc2nc(SCC(=O)N[C@@H](C)Cc3cccnc3)[nH]c2c1. The first-order valence-electron chi connectivity index (χ1n) is 7.87. The van der Waals surface area contributed by atoms with Crippen LogP contribution in [0.1, 0.15) is 18.1 Å². The van der Waals surface area contributed by atoms with Crippen LogP contribution in [0.4, 0.5) is 0 Å². The largest absolute Gasteiger partial charge is 0.353 e. The summed E-state index contributed by atoms with van der Waals surface area (Å²) in [5.74, 6) is 0.351. The van der Waals surface area contributed by atoms with Crippen molar-refractivity contribution >= 4 is 28.7 Å². The van der Waals surface area contributed by atoms with Gasteiger partial charge in [-0.1, -0.05) is 23.9 Å². The number of amides is 1. The molecule has 0 fully saturated rings. The number of hydrogen-bond donors (Lipinski definition) is 2. The van der Waals surface area contributed by atoms with E-state index in [9.17, 15) is 4.79 Å². The molecular formula is C18H20N4OS. The van der Waals surface area contributed by atoms with E-state index < -0.39 is 0 Å². The zero-order valence-electron chi connectivity index (χ0n) is 13.7. The minimum absolute atomic E-state index is 0.00743. The number of nitrogens with zero attached hydrogens (tertiary/aromatic N) is 2. The van der Waals surface area contributed by atoms with E-state index in [4.69, 9.17) is 0 Å². The molecule has 3 rings (SSSR count). The first-order valence-corrected chi connectivity index (χ1v) is 8.86. The minimum Gasteiger partial charge on any atom is -0.353 e. The molecule has 0 aliphatic rings. The molecule has 0 radical (unpaired) electrons. The van der Waals surface area contributed by atoms with E-state index in [2.05, 4.69) is 26.3 Å². The van der Waals surface area contributed by atoms with Gasteiger partial charge in [0.15, 0.2) is 5.16 Å². The Morgan fingerprint density at radius 1 is 1.38 bits per heavy atom. The van der Waals surface area contributed by atoms with Crippen molar-refractivity contribution in [2.45, 2.75) is 31.5 Å². The Labute approximate surface area is 145 Å². The zero-order chi connectivity index (χ0) is 16.9. The number of fused-ring (bicyclic) bond motifs is 1. The number of pyridine rings is 1. The van der Waals surface area contributed by atoms with Gasteiger partial charge in [-0.2, -0.15) is 0 Å². The van der Waals surface area contributed by atoms with E-state index in [1.807, 2.05) is 44.3 Å². The summed E-state index contributed by atoms with van der Waals surface area (Å²) in [5, 5.41) is 3.78. The molecular weight excluding hydrogens is 320 g/mol. The fourth-order valence-electron chi connectivity index (χ4n) is 2.54. The smallest absolute Gasteiger partial charge is 0.230 e. The molecule has 1 aromatic carbocycles. The van der Waals surface area contributed by atoms with Crippen LogP contribution in [0, 0.1) is 6.92 Å². The third-order valence-electron chi connectivity index (χ3n) is 3.63. The van der Waals surface area contributed by atoms with Gasteiger partial charge in [-0.25, -0.2) is 4.98 Å². The Morgan fingerprint density at radius 2 is 2.25 bits per heavy atom. The van der Waals surface area contributed by atoms with Crippen LogP contribution < -0.4 is 5.32 Å². The highest BCUT2D eigenvalue weighted by molar-refractivity contribution is 7.99. The molecule has 6 heteroatoms. The second-order valence-corrected chi connectivity index (χ2v) is 6.85. The number of benzene rings is 1. The van der Waals surface area contributed by atoms with Gasteiger partial charge in [0.2, 0.25) is 5.91 Å². The number of H-pyrrole nitrogens is 1. The fraction of sp³-hybridized carbons (Fsp3) is 0.278. The van der Waals surface area contributed by atoms with Crippen molar-refractivity contribution in [1.29, 1.82) is 0 Å². The summed E-state index contributed by atoms with van der Waals surface area (Å²) in [5.41, 5.74) is 4.23. The molecule has 1 atom stereocenters. The lowest BCUT2D eigenvalue weighted by Crippen LogP contribution is -2.35. The molecule has 0 aliphatic heterocycles. The maximum atomic E-state index is 12.1. The topological polar surface area (TPSA) is 70.7 Å². The molecule has 3 aromatic rings. The summed E-state index contributed by atoms with van der Waals surface area (Å²) in [4.78, 5) is 23.9. The molecule has 5 nitrogen and oxygen atoms in total. The van der Waals surface area contributed by atoms with Crippen LogP contribution in [0.3, 0.4) is 0 Å². The molecule has 0 unspecified atom stereocenters. The van der Waals surface area contributed by atoms with Gasteiger partial charge in [-0.05, 0) is 49.6 Å². The number of imidazole rings is 1. The molecule has 0 spiro atoms. The van der Waals surface area contributed by atoms with Crippen LogP contribution in [0.25, 0.3) is 11.0 Å². The van der Waals surface area contributed by atoms with Crippen molar-refractivity contribution in [2.24, 2.45) is 0 Å². The van der Waals surface area contributed by atoms with Gasteiger partial charge in [0, 0.05) is 18.4 Å². The standard InChI is InChI=1S/C18H20N4OS/c1-12-5-6-15-16(8-12)22-18(21-15)24-11-17(23)20-13(2)9-14-4-3-7-19-10-14/h3-8,10,13H,9,11H2,1-2H3,(H,20,23)(H,21,22)/t13-/m0/s1. The quantitative estimate of drug-likeness (QED) is 0.677. The Hall–Kier alpha value is -2.34. The molecule has 2 heterocycles. The second-order valence-electron chi connectivity index (χ2n) is 5.89. The first-order chi connectivity index (χ1) is 11.6. The third kappa shape index (κ3) is 4.35.